The molecule has 2 aliphatic heterocycles. The molecule has 0 bridgehead atoms. The molecule has 0 aromatic carbocycles. The standard InChI is InChI=1S/C19H21N5O7/c1-8(25)29-6-12-15(30-9(2)26)19(3,28)18(31-12)24-5-10-11(20)4-13(27)23-16-14(10)17(24)22-7-21-16/h4-5,7,12,15,18,28H,6,20H2,1-3H3,(H,21,22,23,27). The number of anilines is 2. The van der Waals surface area contributed by atoms with Crippen molar-refractivity contribution in [3.63, 3.8) is 0 Å². The fraction of sp³-hybridized carbons (Fsp3) is 0.421. The van der Waals surface area contributed by atoms with Gasteiger partial charge < -0.3 is 34.9 Å². The van der Waals surface area contributed by atoms with Gasteiger partial charge in [-0.15, -0.1) is 0 Å². The Morgan fingerprint density at radius 3 is 2.81 bits per heavy atom. The van der Waals surface area contributed by atoms with Gasteiger partial charge in [-0.25, -0.2) is 4.99 Å². The number of nitrogens with one attached hydrogen (secondary N) is 1. The summed E-state index contributed by atoms with van der Waals surface area (Å²) >= 11 is 0. The third-order valence-corrected chi connectivity index (χ3v) is 5.16. The van der Waals surface area contributed by atoms with Crippen molar-refractivity contribution >= 4 is 46.4 Å². The molecule has 0 aliphatic carbocycles. The van der Waals surface area contributed by atoms with Crippen LogP contribution in [-0.2, 0) is 23.8 Å². The maximum atomic E-state index is 11.9. The predicted octanol–water partition coefficient (Wildman–Crippen LogP) is 0.207. The first kappa shape index (κ1) is 20.8. The van der Waals surface area contributed by atoms with Gasteiger partial charge in [0.15, 0.2) is 12.3 Å². The number of nitrogens with zero attached hydrogens (tertiary/aromatic N) is 3. The molecule has 164 valence electrons. The summed E-state index contributed by atoms with van der Waals surface area (Å²) in [4.78, 5) is 43.1. The van der Waals surface area contributed by atoms with Gasteiger partial charge in [0.05, 0.1) is 11.7 Å². The van der Waals surface area contributed by atoms with E-state index in [0.717, 1.165) is 0 Å². The minimum absolute atomic E-state index is 0.170. The second kappa shape index (κ2) is 7.32. The number of aliphatic imine (C=N–C) groups is 1. The largest absolute Gasteiger partial charge is 0.463 e. The molecule has 0 saturated carbocycles. The van der Waals surface area contributed by atoms with Crippen molar-refractivity contribution in [3.8, 4) is 0 Å². The lowest BCUT2D eigenvalue weighted by atomic mass is 9.96. The Hall–Kier alpha value is -3.51. The van der Waals surface area contributed by atoms with E-state index >= 15 is 0 Å². The lowest BCUT2D eigenvalue weighted by molar-refractivity contribution is -0.162. The molecule has 1 fully saturated rings. The molecular formula is C19H21N5O7. The van der Waals surface area contributed by atoms with E-state index in [0.29, 0.717) is 16.6 Å². The smallest absolute Gasteiger partial charge is 0.303 e. The van der Waals surface area contributed by atoms with Gasteiger partial charge in [0, 0.05) is 37.2 Å². The van der Waals surface area contributed by atoms with Crippen molar-refractivity contribution in [2.24, 2.45) is 4.99 Å². The van der Waals surface area contributed by atoms with Crippen LogP contribution in [0.15, 0.2) is 22.1 Å². The Balaban J connectivity index is 1.85. The van der Waals surface area contributed by atoms with Crippen molar-refractivity contribution in [1.29, 1.82) is 0 Å². The zero-order valence-corrected chi connectivity index (χ0v) is 17.0. The van der Waals surface area contributed by atoms with E-state index in [1.807, 2.05) is 0 Å². The van der Waals surface area contributed by atoms with Gasteiger partial charge in [0.1, 0.15) is 29.9 Å². The van der Waals surface area contributed by atoms with Crippen molar-refractivity contribution in [2.45, 2.75) is 44.8 Å². The zero-order chi connectivity index (χ0) is 22.5. The second-order valence-corrected chi connectivity index (χ2v) is 7.53. The molecule has 2 aromatic heterocycles. The van der Waals surface area contributed by atoms with Gasteiger partial charge in [0.25, 0.3) is 5.56 Å². The van der Waals surface area contributed by atoms with Crippen molar-refractivity contribution < 1.29 is 28.9 Å². The van der Waals surface area contributed by atoms with Gasteiger partial charge in [-0.3, -0.25) is 14.4 Å². The van der Waals surface area contributed by atoms with Gasteiger partial charge in [-0.1, -0.05) is 0 Å². The molecule has 0 spiro atoms. The number of esters is 2. The predicted molar refractivity (Wildman–Crippen MR) is 109 cm³/mol. The number of nitrogens with two attached hydrogens (primary N) is 1. The fourth-order valence-electron chi connectivity index (χ4n) is 3.88. The Labute approximate surface area is 175 Å². The molecule has 4 unspecified atom stereocenters. The minimum Gasteiger partial charge on any atom is -0.463 e. The topological polar surface area (TPSA) is 167 Å². The van der Waals surface area contributed by atoms with Gasteiger partial charge in [0.2, 0.25) is 0 Å². The normalized spacial score (nSPS) is 26.5. The van der Waals surface area contributed by atoms with Crippen LogP contribution in [0.25, 0.3) is 10.8 Å². The second-order valence-electron chi connectivity index (χ2n) is 7.53. The van der Waals surface area contributed by atoms with Gasteiger partial charge in [-0.05, 0) is 6.92 Å². The molecule has 0 amide bonds. The lowest BCUT2D eigenvalue weighted by Gasteiger charge is -2.30. The van der Waals surface area contributed by atoms with Crippen LogP contribution in [0.1, 0.15) is 27.0 Å². The highest BCUT2D eigenvalue weighted by Crippen LogP contribution is 2.46. The van der Waals surface area contributed by atoms with Crippen LogP contribution in [0.5, 0.6) is 0 Å². The first-order valence-corrected chi connectivity index (χ1v) is 9.42. The van der Waals surface area contributed by atoms with E-state index in [1.54, 1.807) is 6.20 Å². The zero-order valence-electron chi connectivity index (χ0n) is 17.0. The van der Waals surface area contributed by atoms with Gasteiger partial charge >= 0.3 is 11.9 Å². The SMILES string of the molecule is CC(=O)OCC1OC(n2cc3c(N)cc(=O)nc4c3c2N=CN4)C(C)(O)C1OC(C)=O. The summed E-state index contributed by atoms with van der Waals surface area (Å²) < 4.78 is 17.9. The van der Waals surface area contributed by atoms with E-state index in [1.165, 1.54) is 37.7 Å². The van der Waals surface area contributed by atoms with Crippen molar-refractivity contribution in [2.75, 3.05) is 17.7 Å². The molecule has 1 saturated heterocycles. The van der Waals surface area contributed by atoms with Crippen LogP contribution in [0, 0.1) is 0 Å². The highest BCUT2D eigenvalue weighted by atomic mass is 16.6. The summed E-state index contributed by atoms with van der Waals surface area (Å²) in [6, 6.07) is 1.19. The number of carbonyl (C=O) groups is 2. The maximum Gasteiger partial charge on any atom is 0.303 e. The molecule has 0 radical (unpaired) electrons. The molecule has 12 heteroatoms. The average molecular weight is 431 g/mol. The van der Waals surface area contributed by atoms with Crippen LogP contribution in [-0.4, -0.2) is 57.4 Å². The molecule has 4 rings (SSSR count). The van der Waals surface area contributed by atoms with E-state index < -0.39 is 41.5 Å². The summed E-state index contributed by atoms with van der Waals surface area (Å²) in [5.74, 6) is -0.589. The number of hydrogen-bond acceptors (Lipinski definition) is 11. The Bertz CT molecular complexity index is 1170. The molecule has 4 heterocycles. The summed E-state index contributed by atoms with van der Waals surface area (Å²) in [5.41, 5.74) is 3.99. The van der Waals surface area contributed by atoms with E-state index in [4.69, 9.17) is 19.9 Å². The molecule has 2 aliphatic rings. The summed E-state index contributed by atoms with van der Waals surface area (Å²) in [6.45, 7) is 3.65. The van der Waals surface area contributed by atoms with Crippen LogP contribution >= 0.6 is 0 Å². The quantitative estimate of drug-likeness (QED) is 0.569. The third-order valence-electron chi connectivity index (χ3n) is 5.16. The van der Waals surface area contributed by atoms with Crippen LogP contribution in [0.4, 0.5) is 17.3 Å². The third kappa shape index (κ3) is 3.49. The summed E-state index contributed by atoms with van der Waals surface area (Å²) in [5, 5.41) is 15.1. The molecule has 2 aromatic rings. The summed E-state index contributed by atoms with van der Waals surface area (Å²) in [6.07, 6.45) is -0.223. The number of ether oxygens (including phenoxy) is 3. The molecule has 4 N–H and O–H groups in total. The minimum atomic E-state index is -1.73. The molecule has 31 heavy (non-hydrogen) atoms. The number of rotatable bonds is 4. The summed E-state index contributed by atoms with van der Waals surface area (Å²) in [7, 11) is 0. The highest BCUT2D eigenvalue weighted by Gasteiger charge is 2.56. The Kier molecular flexibility index (Phi) is 4.90. The highest BCUT2D eigenvalue weighted by molar-refractivity contribution is 6.10. The molecular weight excluding hydrogens is 410 g/mol. The maximum absolute atomic E-state index is 11.9. The fourth-order valence-corrected chi connectivity index (χ4v) is 3.88. The number of aromatic nitrogens is 2. The number of carbonyl (C=O) groups excluding carboxylic acids is 2. The number of aliphatic hydroxyl groups is 1. The van der Waals surface area contributed by atoms with Gasteiger partial charge in [-0.2, -0.15) is 4.98 Å². The lowest BCUT2D eigenvalue weighted by Crippen LogP contribution is -2.47. The molecule has 4 atom stereocenters. The first-order chi connectivity index (χ1) is 14.6. The monoisotopic (exact) mass is 431 g/mol. The van der Waals surface area contributed by atoms with Crippen molar-refractivity contribution in [1.82, 2.24) is 9.55 Å². The van der Waals surface area contributed by atoms with Crippen LogP contribution in [0.2, 0.25) is 0 Å². The Morgan fingerprint density at radius 2 is 2.13 bits per heavy atom. The van der Waals surface area contributed by atoms with E-state index in [-0.39, 0.29) is 18.1 Å². The van der Waals surface area contributed by atoms with Crippen molar-refractivity contribution in [3.05, 3.63) is 22.6 Å². The Morgan fingerprint density at radius 1 is 1.39 bits per heavy atom. The van der Waals surface area contributed by atoms with Crippen LogP contribution in [0.3, 0.4) is 0 Å². The molecule has 12 nitrogen and oxygen atoms in total. The number of nitrogen functional groups attached to an aromatic ring is 1. The van der Waals surface area contributed by atoms with Crippen LogP contribution < -0.4 is 16.6 Å². The van der Waals surface area contributed by atoms with E-state index in [9.17, 15) is 19.5 Å². The average Bonchev–Trinajstić information content (AvgIpc) is 3.12. The number of hydrogen-bond donors (Lipinski definition) is 3. The first-order valence-electron chi connectivity index (χ1n) is 9.42. The van der Waals surface area contributed by atoms with E-state index in [2.05, 4.69) is 15.3 Å².